The molecule has 0 radical (unpaired) electrons. The number of carboxylic acids is 1. The number of nitrogens with zero attached hydrogens (tertiary/aromatic N) is 1. The number of piperidine rings is 1. The van der Waals surface area contributed by atoms with Crippen LogP contribution in [-0.4, -0.2) is 34.5 Å². The first-order valence-electron chi connectivity index (χ1n) is 7.04. The zero-order chi connectivity index (χ0) is 13.5. The lowest BCUT2D eigenvalue weighted by molar-refractivity contribution is -0.152. The summed E-state index contributed by atoms with van der Waals surface area (Å²) in [6.07, 6.45) is 6.00. The third-order valence-corrected chi connectivity index (χ3v) is 3.53. The SMILES string of the molecule is CC(C)CCCCC(=O)N1CCCCC1C(=O)O. The Labute approximate surface area is 109 Å². The van der Waals surface area contributed by atoms with Gasteiger partial charge in [-0.05, 0) is 31.6 Å². The summed E-state index contributed by atoms with van der Waals surface area (Å²) in [6.45, 7) is 4.96. The fraction of sp³-hybridized carbons (Fsp3) is 0.857. The molecular formula is C14H25NO3. The van der Waals surface area contributed by atoms with Gasteiger partial charge < -0.3 is 10.0 Å². The van der Waals surface area contributed by atoms with E-state index in [1.165, 1.54) is 0 Å². The Hall–Kier alpha value is -1.06. The Balaban J connectivity index is 2.36. The smallest absolute Gasteiger partial charge is 0.326 e. The predicted molar refractivity (Wildman–Crippen MR) is 70.3 cm³/mol. The first-order valence-corrected chi connectivity index (χ1v) is 7.04. The average molecular weight is 255 g/mol. The highest BCUT2D eigenvalue weighted by Gasteiger charge is 2.31. The van der Waals surface area contributed by atoms with Crippen LogP contribution in [0, 0.1) is 5.92 Å². The summed E-state index contributed by atoms with van der Waals surface area (Å²) in [5, 5.41) is 9.11. The number of carbonyl (C=O) groups is 2. The Morgan fingerprint density at radius 2 is 2.00 bits per heavy atom. The summed E-state index contributed by atoms with van der Waals surface area (Å²) in [5.41, 5.74) is 0. The predicted octanol–water partition coefficient (Wildman–Crippen LogP) is 2.67. The van der Waals surface area contributed by atoms with Gasteiger partial charge in [0.25, 0.3) is 0 Å². The molecule has 0 aromatic rings. The summed E-state index contributed by atoms with van der Waals surface area (Å²) in [5.74, 6) is -0.169. The van der Waals surface area contributed by atoms with Crippen LogP contribution in [0.15, 0.2) is 0 Å². The summed E-state index contributed by atoms with van der Waals surface area (Å²) in [4.78, 5) is 24.7. The third-order valence-electron chi connectivity index (χ3n) is 3.53. The lowest BCUT2D eigenvalue weighted by atomic mass is 10.0. The third kappa shape index (κ3) is 4.67. The van der Waals surface area contributed by atoms with Gasteiger partial charge >= 0.3 is 5.97 Å². The molecule has 0 saturated carbocycles. The lowest BCUT2D eigenvalue weighted by Gasteiger charge is -2.33. The second-order valence-electron chi connectivity index (χ2n) is 5.58. The molecule has 0 bridgehead atoms. The van der Waals surface area contributed by atoms with E-state index in [4.69, 9.17) is 5.11 Å². The van der Waals surface area contributed by atoms with Gasteiger partial charge in [-0.2, -0.15) is 0 Å². The highest BCUT2D eigenvalue weighted by Crippen LogP contribution is 2.19. The monoisotopic (exact) mass is 255 g/mol. The minimum Gasteiger partial charge on any atom is -0.480 e. The maximum absolute atomic E-state index is 12.0. The number of amides is 1. The standard InChI is InChI=1S/C14H25NO3/c1-11(2)7-3-4-9-13(16)15-10-6-5-8-12(15)14(17)18/h11-12H,3-10H2,1-2H3,(H,17,18). The largest absolute Gasteiger partial charge is 0.480 e. The van der Waals surface area contributed by atoms with Gasteiger partial charge in [0.2, 0.25) is 5.91 Å². The molecule has 104 valence electrons. The molecule has 1 fully saturated rings. The summed E-state index contributed by atoms with van der Waals surface area (Å²) in [6, 6.07) is -0.587. The van der Waals surface area contributed by atoms with Crippen molar-refractivity contribution in [1.29, 1.82) is 0 Å². The van der Waals surface area contributed by atoms with Crippen molar-refractivity contribution in [3.05, 3.63) is 0 Å². The fourth-order valence-corrected chi connectivity index (χ4v) is 2.46. The van der Waals surface area contributed by atoms with Gasteiger partial charge in [-0.3, -0.25) is 4.79 Å². The molecule has 1 aliphatic heterocycles. The molecule has 1 saturated heterocycles. The van der Waals surface area contributed by atoms with Crippen molar-refractivity contribution >= 4 is 11.9 Å². The second-order valence-corrected chi connectivity index (χ2v) is 5.58. The van der Waals surface area contributed by atoms with Crippen LogP contribution in [-0.2, 0) is 9.59 Å². The Morgan fingerprint density at radius 3 is 2.61 bits per heavy atom. The summed E-state index contributed by atoms with van der Waals surface area (Å²) < 4.78 is 0. The quantitative estimate of drug-likeness (QED) is 0.742. The first-order chi connectivity index (χ1) is 8.52. The number of likely N-dealkylation sites (tertiary alicyclic amines) is 1. The fourth-order valence-electron chi connectivity index (χ4n) is 2.46. The number of carboxylic acid groups (broad SMARTS) is 1. The molecule has 1 aliphatic rings. The summed E-state index contributed by atoms with van der Waals surface area (Å²) in [7, 11) is 0. The number of unbranched alkanes of at least 4 members (excludes halogenated alkanes) is 1. The Morgan fingerprint density at radius 1 is 1.28 bits per heavy atom. The minimum absolute atomic E-state index is 0.0193. The van der Waals surface area contributed by atoms with E-state index in [0.717, 1.165) is 32.1 Å². The van der Waals surface area contributed by atoms with E-state index in [2.05, 4.69) is 13.8 Å². The number of hydrogen-bond donors (Lipinski definition) is 1. The molecule has 1 amide bonds. The van der Waals surface area contributed by atoms with E-state index in [1.807, 2.05) is 0 Å². The molecule has 18 heavy (non-hydrogen) atoms. The zero-order valence-electron chi connectivity index (χ0n) is 11.5. The number of rotatable bonds is 6. The van der Waals surface area contributed by atoms with E-state index in [-0.39, 0.29) is 5.91 Å². The van der Waals surface area contributed by atoms with Crippen LogP contribution in [0.1, 0.15) is 58.8 Å². The van der Waals surface area contributed by atoms with Gasteiger partial charge in [0.05, 0.1) is 0 Å². The van der Waals surface area contributed by atoms with Crippen LogP contribution < -0.4 is 0 Å². The van der Waals surface area contributed by atoms with Gasteiger partial charge in [-0.15, -0.1) is 0 Å². The van der Waals surface area contributed by atoms with Crippen LogP contribution in [0.25, 0.3) is 0 Å². The minimum atomic E-state index is -0.856. The van der Waals surface area contributed by atoms with Crippen molar-refractivity contribution < 1.29 is 14.7 Å². The van der Waals surface area contributed by atoms with E-state index < -0.39 is 12.0 Å². The molecule has 1 N–H and O–H groups in total. The van der Waals surface area contributed by atoms with Gasteiger partial charge in [0.15, 0.2) is 0 Å². The van der Waals surface area contributed by atoms with Crippen LogP contribution in [0.5, 0.6) is 0 Å². The van der Waals surface area contributed by atoms with Crippen LogP contribution in [0.2, 0.25) is 0 Å². The Kier molecular flexibility index (Phi) is 6.16. The first kappa shape index (κ1) is 15.0. The van der Waals surface area contributed by atoms with E-state index in [0.29, 0.717) is 25.3 Å². The highest BCUT2D eigenvalue weighted by molar-refractivity contribution is 5.83. The zero-order valence-corrected chi connectivity index (χ0v) is 11.5. The topological polar surface area (TPSA) is 57.6 Å². The normalized spacial score (nSPS) is 20.2. The Bertz CT molecular complexity index is 289. The van der Waals surface area contributed by atoms with Gasteiger partial charge in [0.1, 0.15) is 6.04 Å². The molecule has 0 aromatic carbocycles. The maximum atomic E-state index is 12.0. The van der Waals surface area contributed by atoms with Crippen molar-refractivity contribution in [2.75, 3.05) is 6.54 Å². The van der Waals surface area contributed by atoms with Crippen molar-refractivity contribution in [2.45, 2.75) is 64.8 Å². The average Bonchev–Trinajstić information content (AvgIpc) is 2.34. The number of hydrogen-bond acceptors (Lipinski definition) is 2. The van der Waals surface area contributed by atoms with Crippen LogP contribution >= 0.6 is 0 Å². The number of carbonyl (C=O) groups excluding carboxylic acids is 1. The number of aliphatic carboxylic acids is 1. The molecule has 0 spiro atoms. The molecule has 1 unspecified atom stereocenters. The van der Waals surface area contributed by atoms with Gasteiger partial charge in [-0.25, -0.2) is 4.79 Å². The van der Waals surface area contributed by atoms with Crippen molar-refractivity contribution in [3.8, 4) is 0 Å². The molecule has 4 nitrogen and oxygen atoms in total. The summed E-state index contributed by atoms with van der Waals surface area (Å²) >= 11 is 0. The highest BCUT2D eigenvalue weighted by atomic mass is 16.4. The molecule has 0 aromatic heterocycles. The molecule has 0 aliphatic carbocycles. The lowest BCUT2D eigenvalue weighted by Crippen LogP contribution is -2.47. The van der Waals surface area contributed by atoms with E-state index in [1.54, 1.807) is 4.90 Å². The molecule has 1 atom stereocenters. The second kappa shape index (κ2) is 7.39. The molecule has 1 rings (SSSR count). The van der Waals surface area contributed by atoms with Crippen molar-refractivity contribution in [2.24, 2.45) is 5.92 Å². The molecule has 4 heteroatoms. The van der Waals surface area contributed by atoms with Gasteiger partial charge in [0, 0.05) is 13.0 Å². The molecule has 1 heterocycles. The van der Waals surface area contributed by atoms with E-state index in [9.17, 15) is 9.59 Å². The van der Waals surface area contributed by atoms with E-state index >= 15 is 0 Å². The van der Waals surface area contributed by atoms with Gasteiger partial charge in [-0.1, -0.05) is 26.7 Å². The van der Waals surface area contributed by atoms with Crippen molar-refractivity contribution in [1.82, 2.24) is 4.90 Å². The van der Waals surface area contributed by atoms with Crippen LogP contribution in [0.3, 0.4) is 0 Å². The molecular weight excluding hydrogens is 230 g/mol. The maximum Gasteiger partial charge on any atom is 0.326 e. The van der Waals surface area contributed by atoms with Crippen LogP contribution in [0.4, 0.5) is 0 Å². The van der Waals surface area contributed by atoms with Crippen molar-refractivity contribution in [3.63, 3.8) is 0 Å².